The SMILES string of the molecule is C=CCNc1ccccc1/C=C/C(=O)OCC. The van der Waals surface area contributed by atoms with Gasteiger partial charge in [0.25, 0.3) is 0 Å². The number of ether oxygens (including phenoxy) is 1. The molecule has 1 aromatic carbocycles. The highest BCUT2D eigenvalue weighted by atomic mass is 16.5. The summed E-state index contributed by atoms with van der Waals surface area (Å²) in [6.45, 7) is 6.51. The van der Waals surface area contributed by atoms with Crippen molar-refractivity contribution >= 4 is 17.7 Å². The highest BCUT2D eigenvalue weighted by Gasteiger charge is 1.98. The first-order valence-electron chi connectivity index (χ1n) is 5.56. The fourth-order valence-electron chi connectivity index (χ4n) is 1.33. The molecule has 0 aliphatic heterocycles. The van der Waals surface area contributed by atoms with Crippen LogP contribution in [-0.2, 0) is 9.53 Å². The van der Waals surface area contributed by atoms with E-state index in [1.165, 1.54) is 6.08 Å². The molecule has 0 saturated heterocycles. The minimum Gasteiger partial charge on any atom is -0.463 e. The zero-order valence-corrected chi connectivity index (χ0v) is 9.98. The summed E-state index contributed by atoms with van der Waals surface area (Å²) < 4.78 is 4.82. The maximum atomic E-state index is 11.2. The summed E-state index contributed by atoms with van der Waals surface area (Å²) in [6, 6.07) is 7.74. The number of anilines is 1. The van der Waals surface area contributed by atoms with E-state index in [4.69, 9.17) is 4.74 Å². The molecule has 1 aromatic rings. The van der Waals surface area contributed by atoms with Crippen molar-refractivity contribution in [1.82, 2.24) is 0 Å². The number of carbonyl (C=O) groups excluding carboxylic acids is 1. The van der Waals surface area contributed by atoms with Gasteiger partial charge in [-0.1, -0.05) is 24.3 Å². The molecule has 0 saturated carbocycles. The van der Waals surface area contributed by atoms with Crippen molar-refractivity contribution in [1.29, 1.82) is 0 Å². The number of hydrogen-bond donors (Lipinski definition) is 1. The van der Waals surface area contributed by atoms with Crippen molar-refractivity contribution in [2.45, 2.75) is 6.92 Å². The fraction of sp³-hybridized carbons (Fsp3) is 0.214. The smallest absolute Gasteiger partial charge is 0.330 e. The van der Waals surface area contributed by atoms with E-state index in [9.17, 15) is 4.79 Å². The predicted molar refractivity (Wildman–Crippen MR) is 70.8 cm³/mol. The van der Waals surface area contributed by atoms with Crippen LogP contribution in [0.15, 0.2) is 43.0 Å². The quantitative estimate of drug-likeness (QED) is 0.465. The second-order valence-corrected chi connectivity index (χ2v) is 3.34. The maximum Gasteiger partial charge on any atom is 0.330 e. The van der Waals surface area contributed by atoms with Crippen LogP contribution in [0.25, 0.3) is 6.08 Å². The number of hydrogen-bond acceptors (Lipinski definition) is 3. The number of nitrogens with one attached hydrogen (secondary N) is 1. The molecule has 0 aromatic heterocycles. The largest absolute Gasteiger partial charge is 0.463 e. The molecule has 0 aliphatic carbocycles. The first-order valence-corrected chi connectivity index (χ1v) is 5.56. The van der Waals surface area contributed by atoms with Crippen LogP contribution >= 0.6 is 0 Å². The van der Waals surface area contributed by atoms with E-state index in [2.05, 4.69) is 11.9 Å². The molecule has 0 atom stereocenters. The Kier molecular flexibility index (Phi) is 5.58. The molecule has 0 bridgehead atoms. The van der Waals surface area contributed by atoms with E-state index in [-0.39, 0.29) is 5.97 Å². The standard InChI is InChI=1S/C14H17NO2/c1-3-11-15-13-8-6-5-7-12(13)9-10-14(16)17-4-2/h3,5-10,15H,1,4,11H2,2H3/b10-9+. The van der Waals surface area contributed by atoms with Crippen LogP contribution in [0.3, 0.4) is 0 Å². The lowest BCUT2D eigenvalue weighted by Crippen LogP contribution is -2.01. The van der Waals surface area contributed by atoms with Gasteiger partial charge < -0.3 is 10.1 Å². The van der Waals surface area contributed by atoms with Gasteiger partial charge in [0.05, 0.1) is 6.61 Å². The van der Waals surface area contributed by atoms with Crippen molar-refractivity contribution in [3.63, 3.8) is 0 Å². The van der Waals surface area contributed by atoms with Gasteiger partial charge in [-0.05, 0) is 24.6 Å². The van der Waals surface area contributed by atoms with Crippen LogP contribution < -0.4 is 5.32 Å². The van der Waals surface area contributed by atoms with Crippen molar-refractivity contribution in [3.05, 3.63) is 48.6 Å². The van der Waals surface area contributed by atoms with E-state index in [1.54, 1.807) is 19.1 Å². The summed E-state index contributed by atoms with van der Waals surface area (Å²) in [5.41, 5.74) is 1.91. The van der Waals surface area contributed by atoms with Crippen molar-refractivity contribution < 1.29 is 9.53 Å². The number of esters is 1. The summed E-state index contributed by atoms with van der Waals surface area (Å²) in [5.74, 6) is -0.328. The molecule has 1 rings (SSSR count). The Morgan fingerprint density at radius 2 is 2.24 bits per heavy atom. The molecule has 0 radical (unpaired) electrons. The molecule has 0 amide bonds. The Labute approximate surface area is 102 Å². The zero-order valence-electron chi connectivity index (χ0n) is 9.98. The Hall–Kier alpha value is -2.03. The lowest BCUT2D eigenvalue weighted by molar-refractivity contribution is -0.137. The molecule has 0 fully saturated rings. The van der Waals surface area contributed by atoms with E-state index in [0.717, 1.165) is 11.3 Å². The highest BCUT2D eigenvalue weighted by Crippen LogP contribution is 2.16. The first kappa shape index (κ1) is 13.0. The van der Waals surface area contributed by atoms with Crippen molar-refractivity contribution in [2.24, 2.45) is 0 Å². The molecule has 0 aliphatic rings. The average molecular weight is 231 g/mol. The fourth-order valence-corrected chi connectivity index (χ4v) is 1.33. The van der Waals surface area contributed by atoms with Gasteiger partial charge in [0.2, 0.25) is 0 Å². The predicted octanol–water partition coefficient (Wildman–Crippen LogP) is 2.86. The van der Waals surface area contributed by atoms with E-state index < -0.39 is 0 Å². The van der Waals surface area contributed by atoms with Crippen molar-refractivity contribution in [2.75, 3.05) is 18.5 Å². The minimum absolute atomic E-state index is 0.328. The topological polar surface area (TPSA) is 38.3 Å². The summed E-state index contributed by atoms with van der Waals surface area (Å²) in [4.78, 5) is 11.2. The molecular formula is C14H17NO2. The van der Waals surface area contributed by atoms with Crippen LogP contribution in [0.2, 0.25) is 0 Å². The second kappa shape index (κ2) is 7.28. The minimum atomic E-state index is -0.328. The highest BCUT2D eigenvalue weighted by molar-refractivity contribution is 5.88. The maximum absolute atomic E-state index is 11.2. The second-order valence-electron chi connectivity index (χ2n) is 3.34. The molecule has 0 spiro atoms. The van der Waals surface area contributed by atoms with Gasteiger partial charge in [0, 0.05) is 18.3 Å². The van der Waals surface area contributed by atoms with Gasteiger partial charge in [-0.2, -0.15) is 0 Å². The Bertz CT molecular complexity index is 410. The monoisotopic (exact) mass is 231 g/mol. The Morgan fingerprint density at radius 3 is 2.94 bits per heavy atom. The molecule has 1 N–H and O–H groups in total. The third kappa shape index (κ3) is 4.55. The van der Waals surface area contributed by atoms with E-state index in [0.29, 0.717) is 13.2 Å². The molecular weight excluding hydrogens is 214 g/mol. The van der Waals surface area contributed by atoms with Crippen LogP contribution in [0, 0.1) is 0 Å². The molecule has 17 heavy (non-hydrogen) atoms. The van der Waals surface area contributed by atoms with Gasteiger partial charge in [-0.15, -0.1) is 6.58 Å². The van der Waals surface area contributed by atoms with Gasteiger partial charge in [-0.25, -0.2) is 4.79 Å². The molecule has 3 nitrogen and oxygen atoms in total. The number of carbonyl (C=O) groups is 1. The van der Waals surface area contributed by atoms with Gasteiger partial charge in [-0.3, -0.25) is 0 Å². The number of rotatable bonds is 6. The lowest BCUT2D eigenvalue weighted by Gasteiger charge is -2.06. The summed E-state index contributed by atoms with van der Waals surface area (Å²) in [6.07, 6.45) is 4.95. The molecule has 0 heterocycles. The van der Waals surface area contributed by atoms with E-state index >= 15 is 0 Å². The average Bonchev–Trinajstić information content (AvgIpc) is 2.35. The zero-order chi connectivity index (χ0) is 12.5. The van der Waals surface area contributed by atoms with E-state index in [1.807, 2.05) is 24.3 Å². The molecule has 90 valence electrons. The third-order valence-electron chi connectivity index (χ3n) is 2.08. The van der Waals surface area contributed by atoms with Gasteiger partial charge in [0.1, 0.15) is 0 Å². The molecule has 3 heteroatoms. The summed E-state index contributed by atoms with van der Waals surface area (Å²) in [7, 11) is 0. The molecule has 0 unspecified atom stereocenters. The Balaban J connectivity index is 2.75. The third-order valence-corrected chi connectivity index (χ3v) is 2.08. The van der Waals surface area contributed by atoms with Gasteiger partial charge in [0.15, 0.2) is 0 Å². The number of benzene rings is 1. The van der Waals surface area contributed by atoms with Crippen LogP contribution in [0.4, 0.5) is 5.69 Å². The Morgan fingerprint density at radius 1 is 1.47 bits per heavy atom. The van der Waals surface area contributed by atoms with Crippen LogP contribution in [0.1, 0.15) is 12.5 Å². The normalized spacial score (nSPS) is 10.2. The summed E-state index contributed by atoms with van der Waals surface area (Å²) in [5, 5.41) is 3.20. The summed E-state index contributed by atoms with van der Waals surface area (Å²) >= 11 is 0. The van der Waals surface area contributed by atoms with Crippen LogP contribution in [0.5, 0.6) is 0 Å². The van der Waals surface area contributed by atoms with Crippen molar-refractivity contribution in [3.8, 4) is 0 Å². The first-order chi connectivity index (χ1) is 8.27. The number of para-hydroxylation sites is 1. The lowest BCUT2D eigenvalue weighted by atomic mass is 10.1. The van der Waals surface area contributed by atoms with Gasteiger partial charge >= 0.3 is 5.97 Å². The van der Waals surface area contributed by atoms with Crippen LogP contribution in [-0.4, -0.2) is 19.1 Å².